The first-order valence-corrected chi connectivity index (χ1v) is 15.9. The van der Waals surface area contributed by atoms with Crippen LogP contribution < -0.4 is 4.90 Å². The molecule has 0 bridgehead atoms. The van der Waals surface area contributed by atoms with E-state index in [-0.39, 0.29) is 16.4 Å². The first-order valence-electron chi connectivity index (χ1n) is 15.9. The van der Waals surface area contributed by atoms with E-state index in [0.29, 0.717) is 0 Å². The van der Waals surface area contributed by atoms with Crippen molar-refractivity contribution in [3.63, 3.8) is 0 Å². The van der Waals surface area contributed by atoms with Crippen molar-refractivity contribution in [3.8, 4) is 33.4 Å². The van der Waals surface area contributed by atoms with Crippen molar-refractivity contribution >= 4 is 23.0 Å². The number of aromatic carboxylic acids is 1. The third kappa shape index (κ3) is 4.15. The second-order valence-corrected chi connectivity index (χ2v) is 13.6. The van der Waals surface area contributed by atoms with Crippen LogP contribution in [0.25, 0.3) is 33.4 Å². The quantitative estimate of drug-likeness (QED) is 0.215. The number of anilines is 3. The zero-order chi connectivity index (χ0) is 31.8. The maximum absolute atomic E-state index is 11.4. The van der Waals surface area contributed by atoms with Crippen LogP contribution in [0.15, 0.2) is 133 Å². The molecule has 0 aliphatic heterocycles. The summed E-state index contributed by atoms with van der Waals surface area (Å²) in [6.45, 7) is 9.30. The Morgan fingerprint density at radius 2 is 0.870 bits per heavy atom. The van der Waals surface area contributed by atoms with Gasteiger partial charge in [0.1, 0.15) is 0 Å². The summed E-state index contributed by atoms with van der Waals surface area (Å²) < 4.78 is 0. The zero-order valence-electron chi connectivity index (χ0n) is 26.5. The Morgan fingerprint density at radius 1 is 0.478 bits per heavy atom. The Balaban J connectivity index is 1.27. The van der Waals surface area contributed by atoms with Crippen LogP contribution in [0.5, 0.6) is 0 Å². The molecule has 2 aliphatic rings. The third-order valence-electron chi connectivity index (χ3n) is 10.2. The zero-order valence-corrected chi connectivity index (χ0v) is 26.5. The fourth-order valence-electron chi connectivity index (χ4n) is 7.72. The molecule has 46 heavy (non-hydrogen) atoms. The lowest BCUT2D eigenvalue weighted by molar-refractivity contribution is 0.0697. The molecule has 0 radical (unpaired) electrons. The topological polar surface area (TPSA) is 40.5 Å². The van der Waals surface area contributed by atoms with Gasteiger partial charge in [-0.25, -0.2) is 4.79 Å². The standard InChI is InChI=1S/C43H35NO2/c1-42(2)37-11-7-5-9-33(37)35-23-21-31(25-39(35)42)44(30-19-17-28(18-20-30)27-13-15-29(16-14-27)41(45)46)32-22-24-36-34-10-6-8-12-38(34)43(3,4)40(36)26-32/h5-26H,1-4H3,(H,45,46). The summed E-state index contributed by atoms with van der Waals surface area (Å²) in [6, 6.07) is 47.0. The van der Waals surface area contributed by atoms with Crippen LogP contribution in [0, 0.1) is 0 Å². The van der Waals surface area contributed by atoms with Crippen LogP contribution in [0.1, 0.15) is 60.3 Å². The summed E-state index contributed by atoms with van der Waals surface area (Å²) in [7, 11) is 0. The number of carboxylic acid groups (broad SMARTS) is 1. The largest absolute Gasteiger partial charge is 0.478 e. The molecule has 0 amide bonds. The van der Waals surface area contributed by atoms with E-state index in [1.165, 1.54) is 44.5 Å². The second-order valence-electron chi connectivity index (χ2n) is 13.6. The SMILES string of the molecule is CC1(C)c2ccccc2-c2ccc(N(c3ccc(-c4ccc(C(=O)O)cc4)cc3)c3ccc4c(c3)C(C)(C)c3ccccc3-4)cc21. The van der Waals surface area contributed by atoms with Gasteiger partial charge >= 0.3 is 5.97 Å². The van der Waals surface area contributed by atoms with Crippen molar-refractivity contribution in [2.24, 2.45) is 0 Å². The molecule has 3 nitrogen and oxygen atoms in total. The van der Waals surface area contributed by atoms with Gasteiger partial charge in [-0.2, -0.15) is 0 Å². The number of rotatable bonds is 5. The van der Waals surface area contributed by atoms with Crippen LogP contribution >= 0.6 is 0 Å². The van der Waals surface area contributed by atoms with Crippen LogP contribution in [-0.4, -0.2) is 11.1 Å². The molecule has 1 N–H and O–H groups in total. The van der Waals surface area contributed by atoms with E-state index in [9.17, 15) is 9.90 Å². The third-order valence-corrected chi connectivity index (χ3v) is 10.2. The van der Waals surface area contributed by atoms with Gasteiger partial charge in [0.2, 0.25) is 0 Å². The number of nitrogens with zero attached hydrogens (tertiary/aromatic N) is 1. The maximum atomic E-state index is 11.4. The van der Waals surface area contributed by atoms with E-state index in [4.69, 9.17) is 0 Å². The van der Waals surface area contributed by atoms with E-state index in [2.05, 4.69) is 142 Å². The molecule has 0 heterocycles. The molecule has 0 fully saturated rings. The summed E-state index contributed by atoms with van der Waals surface area (Å²) in [5, 5.41) is 9.34. The number of carbonyl (C=O) groups is 1. The van der Waals surface area contributed by atoms with Crippen molar-refractivity contribution in [2.75, 3.05) is 4.90 Å². The summed E-state index contributed by atoms with van der Waals surface area (Å²) in [5.41, 5.74) is 16.0. The van der Waals surface area contributed by atoms with Crippen molar-refractivity contribution in [3.05, 3.63) is 161 Å². The predicted molar refractivity (Wildman–Crippen MR) is 189 cm³/mol. The van der Waals surface area contributed by atoms with E-state index in [0.717, 1.165) is 28.2 Å². The molecule has 2 aliphatic carbocycles. The Hall–Kier alpha value is -5.41. The Kier molecular flexibility index (Phi) is 6.14. The van der Waals surface area contributed by atoms with Gasteiger partial charge in [-0.1, -0.05) is 113 Å². The molecule has 8 rings (SSSR count). The highest BCUT2D eigenvalue weighted by Crippen LogP contribution is 2.53. The fourth-order valence-corrected chi connectivity index (χ4v) is 7.72. The van der Waals surface area contributed by atoms with Gasteiger partial charge in [-0.05, 0) is 104 Å². The molecular formula is C43H35NO2. The molecule has 3 heteroatoms. The number of benzene rings is 6. The molecule has 0 aromatic heterocycles. The minimum absolute atomic E-state index is 0.110. The lowest BCUT2D eigenvalue weighted by Gasteiger charge is -2.30. The van der Waals surface area contributed by atoms with Gasteiger partial charge in [0.15, 0.2) is 0 Å². The van der Waals surface area contributed by atoms with Gasteiger partial charge in [-0.15, -0.1) is 0 Å². The summed E-state index contributed by atoms with van der Waals surface area (Å²) >= 11 is 0. The van der Waals surface area contributed by atoms with Crippen LogP contribution in [-0.2, 0) is 10.8 Å². The molecule has 6 aromatic carbocycles. The number of carboxylic acids is 1. The number of fused-ring (bicyclic) bond motifs is 6. The monoisotopic (exact) mass is 597 g/mol. The van der Waals surface area contributed by atoms with Gasteiger partial charge in [-0.3, -0.25) is 0 Å². The maximum Gasteiger partial charge on any atom is 0.335 e. The molecule has 6 aromatic rings. The van der Waals surface area contributed by atoms with Crippen molar-refractivity contribution in [1.82, 2.24) is 0 Å². The average Bonchev–Trinajstić information content (AvgIpc) is 3.45. The first-order chi connectivity index (χ1) is 22.1. The molecule has 0 unspecified atom stereocenters. The normalized spacial score (nSPS) is 14.6. The van der Waals surface area contributed by atoms with Crippen LogP contribution in [0.3, 0.4) is 0 Å². The van der Waals surface area contributed by atoms with E-state index in [1.807, 2.05) is 12.1 Å². The molecule has 0 spiro atoms. The Morgan fingerprint density at radius 3 is 1.33 bits per heavy atom. The van der Waals surface area contributed by atoms with E-state index in [1.54, 1.807) is 12.1 Å². The van der Waals surface area contributed by atoms with Crippen molar-refractivity contribution in [1.29, 1.82) is 0 Å². The van der Waals surface area contributed by atoms with E-state index >= 15 is 0 Å². The molecular weight excluding hydrogens is 562 g/mol. The van der Waals surface area contributed by atoms with Crippen LogP contribution in [0.4, 0.5) is 17.1 Å². The highest BCUT2D eigenvalue weighted by atomic mass is 16.4. The minimum Gasteiger partial charge on any atom is -0.478 e. The fraction of sp³-hybridized carbons (Fsp3) is 0.140. The molecule has 224 valence electrons. The van der Waals surface area contributed by atoms with Gasteiger partial charge in [0.05, 0.1) is 5.56 Å². The minimum atomic E-state index is -0.918. The van der Waals surface area contributed by atoms with Gasteiger partial charge in [0.25, 0.3) is 0 Å². The average molecular weight is 598 g/mol. The predicted octanol–water partition coefficient (Wildman–Crippen LogP) is 11.1. The highest BCUT2D eigenvalue weighted by molar-refractivity contribution is 5.90. The van der Waals surface area contributed by atoms with Crippen molar-refractivity contribution < 1.29 is 9.90 Å². The number of hydrogen-bond acceptors (Lipinski definition) is 2. The van der Waals surface area contributed by atoms with Gasteiger partial charge < -0.3 is 10.0 Å². The highest BCUT2D eigenvalue weighted by Gasteiger charge is 2.37. The summed E-state index contributed by atoms with van der Waals surface area (Å²) in [6.07, 6.45) is 0. The van der Waals surface area contributed by atoms with Crippen molar-refractivity contribution in [2.45, 2.75) is 38.5 Å². The Bertz CT molecular complexity index is 2060. The lowest BCUT2D eigenvalue weighted by Crippen LogP contribution is -2.18. The summed E-state index contributed by atoms with van der Waals surface area (Å²) in [5.74, 6) is -0.918. The smallest absolute Gasteiger partial charge is 0.335 e. The Labute approximate surface area is 270 Å². The molecule has 0 atom stereocenters. The lowest BCUT2D eigenvalue weighted by atomic mass is 9.82. The molecule has 0 saturated carbocycles. The van der Waals surface area contributed by atoms with Gasteiger partial charge in [0, 0.05) is 27.9 Å². The molecule has 0 saturated heterocycles. The number of hydrogen-bond donors (Lipinski definition) is 1. The van der Waals surface area contributed by atoms with E-state index < -0.39 is 5.97 Å². The second kappa shape index (κ2) is 10.1. The first kappa shape index (κ1) is 28.1. The van der Waals surface area contributed by atoms with Crippen LogP contribution in [0.2, 0.25) is 0 Å². The summed E-state index contributed by atoms with van der Waals surface area (Å²) in [4.78, 5) is 13.8.